The summed E-state index contributed by atoms with van der Waals surface area (Å²) in [6, 6.07) is 0. The third-order valence-electron chi connectivity index (χ3n) is 6.29. The SMILES string of the molecule is CCCCCCCC/C=C/CCCCCCCCCCCCCCCCCC(C)=O. The highest BCUT2D eigenvalue weighted by Crippen LogP contribution is 2.14. The smallest absolute Gasteiger partial charge is 0.129 e. The van der Waals surface area contributed by atoms with E-state index in [2.05, 4.69) is 19.1 Å². The van der Waals surface area contributed by atoms with Crippen LogP contribution in [0.15, 0.2) is 12.2 Å². The maximum atomic E-state index is 10.9. The molecule has 0 aliphatic carbocycles. The zero-order chi connectivity index (χ0) is 22.0. The lowest BCUT2D eigenvalue weighted by molar-refractivity contribution is -0.117. The Kier molecular flexibility index (Phi) is 25.9. The summed E-state index contributed by atoms with van der Waals surface area (Å²) in [6.07, 6.45) is 37.5. The topological polar surface area (TPSA) is 17.1 Å². The van der Waals surface area contributed by atoms with E-state index in [1.165, 1.54) is 141 Å². The van der Waals surface area contributed by atoms with Gasteiger partial charge in [-0.2, -0.15) is 0 Å². The first-order valence-corrected chi connectivity index (χ1v) is 13.9. The van der Waals surface area contributed by atoms with E-state index in [4.69, 9.17) is 0 Å². The first-order valence-electron chi connectivity index (χ1n) is 13.9. The number of hydrogen-bond donors (Lipinski definition) is 0. The molecule has 0 aromatic carbocycles. The molecule has 1 nitrogen and oxygen atoms in total. The van der Waals surface area contributed by atoms with Crippen molar-refractivity contribution in [3.63, 3.8) is 0 Å². The molecule has 0 atom stereocenters. The molecule has 0 N–H and O–H groups in total. The maximum absolute atomic E-state index is 10.9. The molecule has 178 valence electrons. The molecule has 0 fully saturated rings. The number of ketones is 1. The van der Waals surface area contributed by atoms with Gasteiger partial charge in [0.25, 0.3) is 0 Å². The number of allylic oxidation sites excluding steroid dienone is 2. The molecule has 0 aromatic rings. The van der Waals surface area contributed by atoms with Gasteiger partial charge in [-0.1, -0.05) is 135 Å². The number of unbranched alkanes of at least 4 members (excludes halogenated alkanes) is 21. The van der Waals surface area contributed by atoms with E-state index in [1.54, 1.807) is 6.92 Å². The second-order valence-electron chi connectivity index (χ2n) is 9.57. The molecule has 0 aliphatic rings. The average Bonchev–Trinajstić information content (AvgIpc) is 2.73. The number of carbonyl (C=O) groups excluding carboxylic acids is 1. The van der Waals surface area contributed by atoms with Gasteiger partial charge in [0.15, 0.2) is 0 Å². The molecule has 1 heteroatoms. The predicted octanol–water partition coefficient (Wildman–Crippen LogP) is 10.5. The Labute approximate surface area is 190 Å². The molecule has 0 heterocycles. The van der Waals surface area contributed by atoms with Crippen molar-refractivity contribution in [2.24, 2.45) is 0 Å². The third kappa shape index (κ3) is 27.4. The van der Waals surface area contributed by atoms with Crippen molar-refractivity contribution in [2.75, 3.05) is 0 Å². The number of Topliss-reactive ketones (excluding diaryl/α,β-unsaturated/α-hetero) is 1. The number of rotatable bonds is 25. The zero-order valence-electron chi connectivity index (χ0n) is 21.0. The van der Waals surface area contributed by atoms with Gasteiger partial charge < -0.3 is 4.79 Å². The third-order valence-corrected chi connectivity index (χ3v) is 6.29. The lowest BCUT2D eigenvalue weighted by Gasteiger charge is -2.03. The summed E-state index contributed by atoms with van der Waals surface area (Å²) in [5, 5.41) is 0. The van der Waals surface area contributed by atoms with Crippen molar-refractivity contribution < 1.29 is 4.79 Å². The van der Waals surface area contributed by atoms with Crippen LogP contribution in [0, 0.1) is 0 Å². The van der Waals surface area contributed by atoms with Gasteiger partial charge in [0.2, 0.25) is 0 Å². The van der Waals surface area contributed by atoms with Gasteiger partial charge in [0, 0.05) is 6.42 Å². The molecule has 0 bridgehead atoms. The highest BCUT2D eigenvalue weighted by atomic mass is 16.1. The van der Waals surface area contributed by atoms with Crippen molar-refractivity contribution in [1.82, 2.24) is 0 Å². The van der Waals surface area contributed by atoms with Crippen LogP contribution in [0.4, 0.5) is 0 Å². The molecular formula is C29H56O. The Morgan fingerprint density at radius 1 is 0.467 bits per heavy atom. The van der Waals surface area contributed by atoms with E-state index in [-0.39, 0.29) is 0 Å². The van der Waals surface area contributed by atoms with Crippen LogP contribution in [0.3, 0.4) is 0 Å². The molecule has 0 spiro atoms. The Hall–Kier alpha value is -0.590. The largest absolute Gasteiger partial charge is 0.300 e. The van der Waals surface area contributed by atoms with Crippen molar-refractivity contribution >= 4 is 5.78 Å². The van der Waals surface area contributed by atoms with Gasteiger partial charge in [-0.05, 0) is 39.0 Å². The Bertz CT molecular complexity index is 357. The van der Waals surface area contributed by atoms with Crippen LogP contribution in [0.2, 0.25) is 0 Å². The monoisotopic (exact) mass is 420 g/mol. The van der Waals surface area contributed by atoms with Crippen molar-refractivity contribution in [3.05, 3.63) is 12.2 Å². The van der Waals surface area contributed by atoms with Crippen molar-refractivity contribution in [2.45, 2.75) is 168 Å². The standard InChI is InChI=1S/C29H56O/c1-3-4-5-6-7-8-9-10-11-12-13-14-15-16-17-18-19-20-21-22-23-24-25-26-27-28-29(2)30/h10-11H,3-9,12-28H2,1-2H3/b11-10+. The fraction of sp³-hybridized carbons (Fsp3) is 0.897. The molecule has 0 rings (SSSR count). The lowest BCUT2D eigenvalue weighted by atomic mass is 10.0. The van der Waals surface area contributed by atoms with Gasteiger partial charge in [-0.3, -0.25) is 0 Å². The fourth-order valence-electron chi connectivity index (χ4n) is 4.21. The Morgan fingerprint density at radius 2 is 0.767 bits per heavy atom. The highest BCUT2D eigenvalue weighted by Gasteiger charge is 1.96. The van der Waals surface area contributed by atoms with Gasteiger partial charge in [0.1, 0.15) is 5.78 Å². The summed E-state index contributed by atoms with van der Waals surface area (Å²) in [6.45, 7) is 3.99. The minimum absolute atomic E-state index is 0.348. The van der Waals surface area contributed by atoms with Gasteiger partial charge >= 0.3 is 0 Å². The predicted molar refractivity (Wildman–Crippen MR) is 136 cm³/mol. The molecule has 0 aliphatic heterocycles. The van der Waals surface area contributed by atoms with Crippen LogP contribution in [0.1, 0.15) is 168 Å². The van der Waals surface area contributed by atoms with Crippen LogP contribution < -0.4 is 0 Å². The summed E-state index contributed by atoms with van der Waals surface area (Å²) in [7, 11) is 0. The lowest BCUT2D eigenvalue weighted by Crippen LogP contribution is -1.89. The fourth-order valence-corrected chi connectivity index (χ4v) is 4.21. The average molecular weight is 421 g/mol. The van der Waals surface area contributed by atoms with Crippen molar-refractivity contribution in [1.29, 1.82) is 0 Å². The highest BCUT2D eigenvalue weighted by molar-refractivity contribution is 5.75. The van der Waals surface area contributed by atoms with E-state index in [1.807, 2.05) is 0 Å². The molecule has 0 amide bonds. The molecule has 0 radical (unpaired) electrons. The van der Waals surface area contributed by atoms with E-state index in [0.29, 0.717) is 5.78 Å². The quantitative estimate of drug-likeness (QED) is 0.106. The van der Waals surface area contributed by atoms with Crippen LogP contribution >= 0.6 is 0 Å². The molecule has 30 heavy (non-hydrogen) atoms. The molecule has 0 saturated carbocycles. The second kappa shape index (κ2) is 26.4. The minimum Gasteiger partial charge on any atom is -0.300 e. The van der Waals surface area contributed by atoms with Gasteiger partial charge in [-0.25, -0.2) is 0 Å². The van der Waals surface area contributed by atoms with Crippen molar-refractivity contribution in [3.8, 4) is 0 Å². The van der Waals surface area contributed by atoms with E-state index < -0.39 is 0 Å². The molecule has 0 unspecified atom stereocenters. The Morgan fingerprint density at radius 3 is 1.10 bits per heavy atom. The van der Waals surface area contributed by atoms with E-state index >= 15 is 0 Å². The molecule has 0 aromatic heterocycles. The zero-order valence-corrected chi connectivity index (χ0v) is 21.0. The first-order chi connectivity index (χ1) is 14.8. The van der Waals surface area contributed by atoms with Crippen LogP contribution in [0.5, 0.6) is 0 Å². The summed E-state index contributed by atoms with van der Waals surface area (Å²) >= 11 is 0. The second-order valence-corrected chi connectivity index (χ2v) is 9.57. The summed E-state index contributed by atoms with van der Waals surface area (Å²) in [5.74, 6) is 0.348. The normalized spacial score (nSPS) is 11.5. The van der Waals surface area contributed by atoms with Crippen LogP contribution in [-0.4, -0.2) is 5.78 Å². The summed E-state index contributed by atoms with van der Waals surface area (Å²) in [4.78, 5) is 10.9. The molecule has 0 saturated heterocycles. The van der Waals surface area contributed by atoms with Gasteiger partial charge in [-0.15, -0.1) is 0 Å². The van der Waals surface area contributed by atoms with E-state index in [0.717, 1.165) is 12.8 Å². The van der Waals surface area contributed by atoms with Crippen LogP contribution in [-0.2, 0) is 4.79 Å². The summed E-state index contributed by atoms with van der Waals surface area (Å²) < 4.78 is 0. The number of carbonyl (C=O) groups is 1. The molecular weight excluding hydrogens is 364 g/mol. The summed E-state index contributed by atoms with van der Waals surface area (Å²) in [5.41, 5.74) is 0. The Balaban J connectivity index is 3.06. The maximum Gasteiger partial charge on any atom is 0.129 e. The van der Waals surface area contributed by atoms with Gasteiger partial charge in [0.05, 0.1) is 0 Å². The first kappa shape index (κ1) is 29.4. The van der Waals surface area contributed by atoms with E-state index in [9.17, 15) is 4.79 Å². The minimum atomic E-state index is 0.348. The van der Waals surface area contributed by atoms with Crippen LogP contribution in [0.25, 0.3) is 0 Å². The number of hydrogen-bond acceptors (Lipinski definition) is 1.